The molecule has 4 heteroatoms. The van der Waals surface area contributed by atoms with Crippen LogP contribution in [-0.4, -0.2) is 41.7 Å². The maximum atomic E-state index is 12.2. The number of benzene rings is 1. The summed E-state index contributed by atoms with van der Waals surface area (Å²) in [6.07, 6.45) is 6.14. The lowest BCUT2D eigenvalue weighted by Gasteiger charge is -2.22. The van der Waals surface area contributed by atoms with Crippen molar-refractivity contribution < 1.29 is 14.6 Å². The maximum Gasteiger partial charge on any atom is 0.246 e. The molecule has 0 aliphatic heterocycles. The molecule has 0 spiro atoms. The predicted molar refractivity (Wildman–Crippen MR) is 92.2 cm³/mol. The number of hydrogen-bond donors (Lipinski definition) is 1. The summed E-state index contributed by atoms with van der Waals surface area (Å²) in [7, 11) is 1.79. The first-order chi connectivity index (χ1) is 11.0. The summed E-state index contributed by atoms with van der Waals surface area (Å²) < 4.78 is 5.65. The van der Waals surface area contributed by atoms with Gasteiger partial charge in [-0.15, -0.1) is 0 Å². The summed E-state index contributed by atoms with van der Waals surface area (Å²) in [4.78, 5) is 13.9. The van der Waals surface area contributed by atoms with Crippen LogP contribution in [0, 0.1) is 5.92 Å². The molecule has 1 aliphatic rings. The topological polar surface area (TPSA) is 49.8 Å². The zero-order chi connectivity index (χ0) is 16.8. The number of nitrogens with zero attached hydrogens (tertiary/aromatic N) is 1. The minimum atomic E-state index is -0.265. The molecule has 2 rings (SSSR count). The summed E-state index contributed by atoms with van der Waals surface area (Å²) >= 11 is 0. The molecule has 0 saturated heterocycles. The Kier molecular flexibility index (Phi) is 6.22. The fourth-order valence-electron chi connectivity index (χ4n) is 2.93. The molecule has 1 saturated carbocycles. The molecule has 1 aromatic carbocycles. The molecule has 1 fully saturated rings. The van der Waals surface area contributed by atoms with Crippen molar-refractivity contribution in [1.82, 2.24) is 4.90 Å². The van der Waals surface area contributed by atoms with Crippen molar-refractivity contribution in [3.63, 3.8) is 0 Å². The Morgan fingerprint density at radius 1 is 1.43 bits per heavy atom. The number of aliphatic hydroxyl groups excluding tert-OH is 1. The van der Waals surface area contributed by atoms with Gasteiger partial charge in [0.05, 0.1) is 12.2 Å². The number of carbonyl (C=O) groups excluding carboxylic acids is 1. The highest BCUT2D eigenvalue weighted by Crippen LogP contribution is 2.26. The van der Waals surface area contributed by atoms with Gasteiger partial charge in [0, 0.05) is 25.6 Å². The van der Waals surface area contributed by atoms with E-state index in [-0.39, 0.29) is 24.0 Å². The lowest BCUT2D eigenvalue weighted by Crippen LogP contribution is -2.33. The Labute approximate surface area is 138 Å². The number of aliphatic hydroxyl groups is 1. The molecule has 1 aromatic rings. The first-order valence-corrected chi connectivity index (χ1v) is 8.33. The van der Waals surface area contributed by atoms with Crippen LogP contribution in [0.2, 0.25) is 0 Å². The van der Waals surface area contributed by atoms with E-state index in [2.05, 4.69) is 0 Å². The molecular weight excluding hydrogens is 290 g/mol. The fraction of sp³-hybridized carbons (Fsp3) is 0.526. The normalized spacial score (nSPS) is 21.1. The second-order valence-corrected chi connectivity index (χ2v) is 6.55. The number of rotatable bonds is 6. The van der Waals surface area contributed by atoms with E-state index in [0.717, 1.165) is 30.6 Å². The number of carbonyl (C=O) groups is 1. The zero-order valence-electron chi connectivity index (χ0n) is 14.2. The Morgan fingerprint density at radius 3 is 2.87 bits per heavy atom. The predicted octanol–water partition coefficient (Wildman–Crippen LogP) is 3.11. The van der Waals surface area contributed by atoms with E-state index in [1.165, 1.54) is 0 Å². The van der Waals surface area contributed by atoms with E-state index < -0.39 is 0 Å². The van der Waals surface area contributed by atoms with Crippen LogP contribution < -0.4 is 4.74 Å². The van der Waals surface area contributed by atoms with Crippen molar-refractivity contribution >= 4 is 12.0 Å². The quantitative estimate of drug-likeness (QED) is 0.820. The van der Waals surface area contributed by atoms with Crippen molar-refractivity contribution in [3.05, 3.63) is 35.9 Å². The number of hydrogen-bond acceptors (Lipinski definition) is 3. The Balaban J connectivity index is 1.92. The molecule has 1 aliphatic carbocycles. The standard InChI is InChI=1S/C19H27NO3/c1-14(2)23-17-8-4-6-15(12-17)10-11-19(22)20(3)13-16-7-5-9-18(16)21/h4,6,8,10-12,14,16,18,21H,5,7,9,13H2,1-3H3/b11-10+. The minimum Gasteiger partial charge on any atom is -0.491 e. The molecular formula is C19H27NO3. The van der Waals surface area contributed by atoms with Gasteiger partial charge in [0.15, 0.2) is 0 Å². The summed E-state index contributed by atoms with van der Waals surface area (Å²) in [5.41, 5.74) is 0.936. The van der Waals surface area contributed by atoms with Gasteiger partial charge in [-0.2, -0.15) is 0 Å². The molecule has 1 amide bonds. The first-order valence-electron chi connectivity index (χ1n) is 8.33. The summed E-state index contributed by atoms with van der Waals surface area (Å²) in [6.45, 7) is 4.58. The van der Waals surface area contributed by atoms with Gasteiger partial charge < -0.3 is 14.7 Å². The fourth-order valence-corrected chi connectivity index (χ4v) is 2.93. The molecule has 0 heterocycles. The second-order valence-electron chi connectivity index (χ2n) is 6.55. The van der Waals surface area contributed by atoms with Gasteiger partial charge in [0.1, 0.15) is 5.75 Å². The van der Waals surface area contributed by atoms with E-state index >= 15 is 0 Å². The maximum absolute atomic E-state index is 12.2. The van der Waals surface area contributed by atoms with Crippen LogP contribution in [0.15, 0.2) is 30.3 Å². The largest absolute Gasteiger partial charge is 0.491 e. The van der Waals surface area contributed by atoms with E-state index in [1.807, 2.05) is 38.1 Å². The first kappa shape index (κ1) is 17.5. The highest BCUT2D eigenvalue weighted by atomic mass is 16.5. The van der Waals surface area contributed by atoms with Crippen molar-refractivity contribution in [3.8, 4) is 5.75 Å². The summed E-state index contributed by atoms with van der Waals surface area (Å²) in [6, 6.07) is 7.69. The highest BCUT2D eigenvalue weighted by Gasteiger charge is 2.26. The molecule has 2 atom stereocenters. The molecule has 4 nitrogen and oxygen atoms in total. The Morgan fingerprint density at radius 2 is 2.22 bits per heavy atom. The van der Waals surface area contributed by atoms with Gasteiger partial charge in [0.25, 0.3) is 0 Å². The second kappa shape index (κ2) is 8.16. The third-order valence-electron chi connectivity index (χ3n) is 4.15. The van der Waals surface area contributed by atoms with Gasteiger partial charge in [-0.3, -0.25) is 4.79 Å². The van der Waals surface area contributed by atoms with Crippen molar-refractivity contribution in [1.29, 1.82) is 0 Å². The van der Waals surface area contributed by atoms with Crippen LogP contribution in [-0.2, 0) is 4.79 Å². The van der Waals surface area contributed by atoms with Gasteiger partial charge in [0.2, 0.25) is 5.91 Å². The average molecular weight is 317 g/mol. The van der Waals surface area contributed by atoms with E-state index in [9.17, 15) is 9.90 Å². The van der Waals surface area contributed by atoms with Gasteiger partial charge in [-0.1, -0.05) is 18.6 Å². The van der Waals surface area contributed by atoms with E-state index in [4.69, 9.17) is 4.74 Å². The molecule has 0 aromatic heterocycles. The van der Waals surface area contributed by atoms with Gasteiger partial charge >= 0.3 is 0 Å². The minimum absolute atomic E-state index is 0.0423. The lowest BCUT2D eigenvalue weighted by molar-refractivity contribution is -0.125. The zero-order valence-corrected chi connectivity index (χ0v) is 14.2. The summed E-state index contributed by atoms with van der Waals surface area (Å²) in [5.74, 6) is 0.969. The molecule has 2 unspecified atom stereocenters. The van der Waals surface area contributed by atoms with Crippen LogP contribution in [0.5, 0.6) is 5.75 Å². The van der Waals surface area contributed by atoms with Crippen LogP contribution >= 0.6 is 0 Å². The average Bonchev–Trinajstić information content (AvgIpc) is 2.89. The van der Waals surface area contributed by atoms with Crippen molar-refractivity contribution in [2.45, 2.75) is 45.3 Å². The Hall–Kier alpha value is -1.81. The molecule has 1 N–H and O–H groups in total. The molecule has 23 heavy (non-hydrogen) atoms. The number of ether oxygens (including phenoxy) is 1. The van der Waals surface area contributed by atoms with Crippen LogP contribution in [0.25, 0.3) is 6.08 Å². The van der Waals surface area contributed by atoms with E-state index in [0.29, 0.717) is 6.54 Å². The molecule has 126 valence electrons. The lowest BCUT2D eigenvalue weighted by atomic mass is 10.1. The third kappa shape index (κ3) is 5.39. The van der Waals surface area contributed by atoms with Gasteiger partial charge in [-0.25, -0.2) is 0 Å². The van der Waals surface area contributed by atoms with Crippen LogP contribution in [0.3, 0.4) is 0 Å². The molecule has 0 radical (unpaired) electrons. The van der Waals surface area contributed by atoms with Crippen LogP contribution in [0.4, 0.5) is 0 Å². The SMILES string of the molecule is CC(C)Oc1cccc(/C=C/C(=O)N(C)CC2CCCC2O)c1. The monoisotopic (exact) mass is 317 g/mol. The summed E-state index contributed by atoms with van der Waals surface area (Å²) in [5, 5.41) is 9.86. The smallest absolute Gasteiger partial charge is 0.246 e. The number of likely N-dealkylation sites (N-methyl/N-ethyl adjacent to an activating group) is 1. The highest BCUT2D eigenvalue weighted by molar-refractivity contribution is 5.91. The van der Waals surface area contributed by atoms with Crippen molar-refractivity contribution in [2.24, 2.45) is 5.92 Å². The third-order valence-corrected chi connectivity index (χ3v) is 4.15. The van der Waals surface area contributed by atoms with Gasteiger partial charge in [-0.05, 0) is 50.5 Å². The molecule has 0 bridgehead atoms. The Bertz CT molecular complexity index is 553. The number of amides is 1. The van der Waals surface area contributed by atoms with E-state index in [1.54, 1.807) is 24.1 Å². The van der Waals surface area contributed by atoms with Crippen molar-refractivity contribution in [2.75, 3.05) is 13.6 Å². The van der Waals surface area contributed by atoms with Crippen LogP contribution in [0.1, 0.15) is 38.7 Å².